The van der Waals surface area contributed by atoms with Crippen LogP contribution in [-0.2, 0) is 14.3 Å². The van der Waals surface area contributed by atoms with Crippen molar-refractivity contribution in [2.45, 2.75) is 50.4 Å². The number of hydrogen-bond donors (Lipinski definition) is 4. The van der Waals surface area contributed by atoms with Crippen LogP contribution in [0.15, 0.2) is 18.2 Å². The molecule has 0 spiro atoms. The van der Waals surface area contributed by atoms with Crippen LogP contribution >= 0.6 is 0 Å². The fraction of sp³-hybridized carbons (Fsp3) is 0.636. The second kappa shape index (κ2) is 10.8. The highest BCUT2D eigenvalue weighted by atomic mass is 16.7. The number of ether oxygens (including phenoxy) is 4. The van der Waals surface area contributed by atoms with E-state index in [1.807, 2.05) is 0 Å². The zero-order chi connectivity index (χ0) is 22.3. The number of carbonyl (C=O) groups is 2. The molecule has 3 atom stereocenters. The molecule has 3 amide bonds. The summed E-state index contributed by atoms with van der Waals surface area (Å²) in [6, 6.07) is 4.50. The van der Waals surface area contributed by atoms with Crippen molar-refractivity contribution < 1.29 is 33.6 Å². The third-order valence-electron chi connectivity index (χ3n) is 6.10. The van der Waals surface area contributed by atoms with E-state index in [1.165, 1.54) is 0 Å². The van der Waals surface area contributed by atoms with Crippen molar-refractivity contribution in [3.8, 4) is 11.5 Å². The summed E-state index contributed by atoms with van der Waals surface area (Å²) in [6.07, 6.45) is 3.04. The predicted octanol–water partition coefficient (Wildman–Crippen LogP) is 1.38. The van der Waals surface area contributed by atoms with Gasteiger partial charge in [0.15, 0.2) is 11.5 Å². The van der Waals surface area contributed by atoms with Crippen molar-refractivity contribution in [2.24, 2.45) is 5.92 Å². The molecule has 3 aliphatic heterocycles. The van der Waals surface area contributed by atoms with Crippen LogP contribution in [0.5, 0.6) is 11.5 Å². The molecular weight excluding hydrogens is 418 g/mol. The van der Waals surface area contributed by atoms with Crippen LogP contribution in [0.25, 0.3) is 0 Å². The van der Waals surface area contributed by atoms with Gasteiger partial charge in [0.1, 0.15) is 6.10 Å². The number of aliphatic hydroxyl groups excluding tert-OH is 1. The highest BCUT2D eigenvalue weighted by Crippen LogP contribution is 2.34. The van der Waals surface area contributed by atoms with Crippen LogP contribution < -0.4 is 25.4 Å². The fourth-order valence-corrected chi connectivity index (χ4v) is 4.28. The Morgan fingerprint density at radius 2 is 1.88 bits per heavy atom. The summed E-state index contributed by atoms with van der Waals surface area (Å²) in [5.74, 6) is 1.33. The molecule has 3 aliphatic rings. The average molecular weight is 450 g/mol. The van der Waals surface area contributed by atoms with E-state index in [1.54, 1.807) is 18.2 Å². The molecule has 0 aliphatic carbocycles. The van der Waals surface area contributed by atoms with Crippen LogP contribution in [0.1, 0.15) is 32.1 Å². The van der Waals surface area contributed by atoms with Crippen LogP contribution in [0.3, 0.4) is 0 Å². The summed E-state index contributed by atoms with van der Waals surface area (Å²) < 4.78 is 21.9. The van der Waals surface area contributed by atoms with Crippen molar-refractivity contribution in [2.75, 3.05) is 38.5 Å². The van der Waals surface area contributed by atoms with Crippen LogP contribution in [0.2, 0.25) is 0 Å². The summed E-state index contributed by atoms with van der Waals surface area (Å²) in [5, 5.41) is 18.4. The first kappa shape index (κ1) is 22.6. The molecule has 1 aromatic rings. The van der Waals surface area contributed by atoms with E-state index in [-0.39, 0.29) is 43.4 Å². The van der Waals surface area contributed by atoms with Crippen molar-refractivity contribution in [3.05, 3.63) is 18.2 Å². The van der Waals surface area contributed by atoms with Gasteiger partial charge in [-0.3, -0.25) is 4.79 Å². The normalized spacial score (nSPS) is 25.2. The molecule has 0 bridgehead atoms. The second-order valence-corrected chi connectivity index (χ2v) is 8.30. The summed E-state index contributed by atoms with van der Waals surface area (Å²) in [5.41, 5.74) is 0.585. The number of anilines is 1. The van der Waals surface area contributed by atoms with Crippen LogP contribution in [0.4, 0.5) is 10.5 Å². The lowest BCUT2D eigenvalue weighted by molar-refractivity contribution is -0.128. The standard InChI is InChI=1S/C22H31N3O7/c26-12-20-17(25-22(28)24-15-1-4-18-19(11-15)31-13-30-18)3-2-16(32-20)5-8-23-21(27)14-6-9-29-10-7-14/h1,4,11,14,16-17,20,26H,2-3,5-10,12-13H2,(H,23,27)(H2,24,25,28)/t16-,17+,20+/m1/s1. The van der Waals surface area contributed by atoms with E-state index in [2.05, 4.69) is 16.0 Å². The number of rotatable bonds is 7. The van der Waals surface area contributed by atoms with E-state index in [0.717, 1.165) is 19.3 Å². The molecule has 4 N–H and O–H groups in total. The maximum absolute atomic E-state index is 12.4. The monoisotopic (exact) mass is 449 g/mol. The molecule has 176 valence electrons. The fourth-order valence-electron chi connectivity index (χ4n) is 4.28. The summed E-state index contributed by atoms with van der Waals surface area (Å²) in [7, 11) is 0. The van der Waals surface area contributed by atoms with Gasteiger partial charge < -0.3 is 40.0 Å². The Bertz CT molecular complexity index is 800. The predicted molar refractivity (Wildman–Crippen MR) is 115 cm³/mol. The summed E-state index contributed by atoms with van der Waals surface area (Å²) in [4.78, 5) is 24.7. The van der Waals surface area contributed by atoms with Crippen molar-refractivity contribution in [1.29, 1.82) is 0 Å². The average Bonchev–Trinajstić information content (AvgIpc) is 3.28. The Balaban J connectivity index is 1.19. The maximum Gasteiger partial charge on any atom is 0.319 e. The quantitative estimate of drug-likeness (QED) is 0.495. The summed E-state index contributed by atoms with van der Waals surface area (Å²) in [6.45, 7) is 1.78. The number of urea groups is 1. The van der Waals surface area contributed by atoms with Gasteiger partial charge in [0.05, 0.1) is 18.8 Å². The molecule has 0 unspecified atom stereocenters. The zero-order valence-electron chi connectivity index (χ0n) is 18.0. The molecule has 32 heavy (non-hydrogen) atoms. The van der Waals surface area contributed by atoms with Gasteiger partial charge >= 0.3 is 6.03 Å². The first-order chi connectivity index (χ1) is 15.6. The molecule has 2 saturated heterocycles. The van der Waals surface area contributed by atoms with Gasteiger partial charge in [-0.1, -0.05) is 0 Å². The number of carbonyl (C=O) groups excluding carboxylic acids is 2. The molecule has 0 saturated carbocycles. The number of amides is 3. The first-order valence-electron chi connectivity index (χ1n) is 11.2. The number of nitrogens with one attached hydrogen (secondary N) is 3. The van der Waals surface area contributed by atoms with Gasteiger partial charge in [-0.05, 0) is 44.2 Å². The lowest BCUT2D eigenvalue weighted by Gasteiger charge is -2.36. The lowest BCUT2D eigenvalue weighted by Crippen LogP contribution is -2.52. The number of aliphatic hydroxyl groups is 1. The third-order valence-corrected chi connectivity index (χ3v) is 6.10. The molecule has 0 aromatic heterocycles. The minimum absolute atomic E-state index is 0.0260. The highest BCUT2D eigenvalue weighted by Gasteiger charge is 2.32. The SMILES string of the molecule is O=C(Nc1ccc2c(c1)OCO2)N[C@H]1CC[C@H](CCNC(=O)C2CCOCC2)O[C@H]1CO. The van der Waals surface area contributed by atoms with E-state index in [9.17, 15) is 14.7 Å². The molecule has 1 aromatic carbocycles. The van der Waals surface area contributed by atoms with E-state index in [4.69, 9.17) is 18.9 Å². The van der Waals surface area contributed by atoms with Gasteiger partial charge in [-0.15, -0.1) is 0 Å². The Morgan fingerprint density at radius 3 is 2.69 bits per heavy atom. The summed E-state index contributed by atoms with van der Waals surface area (Å²) >= 11 is 0. The van der Waals surface area contributed by atoms with Gasteiger partial charge in [0.2, 0.25) is 12.7 Å². The third kappa shape index (κ3) is 5.81. The van der Waals surface area contributed by atoms with E-state index >= 15 is 0 Å². The highest BCUT2D eigenvalue weighted by molar-refractivity contribution is 5.90. The lowest BCUT2D eigenvalue weighted by atomic mass is 9.96. The van der Waals surface area contributed by atoms with Gasteiger partial charge in [0.25, 0.3) is 0 Å². The largest absolute Gasteiger partial charge is 0.454 e. The Hall–Kier alpha value is -2.56. The minimum Gasteiger partial charge on any atom is -0.454 e. The maximum atomic E-state index is 12.4. The second-order valence-electron chi connectivity index (χ2n) is 8.30. The Morgan fingerprint density at radius 1 is 1.06 bits per heavy atom. The molecule has 4 rings (SSSR count). The smallest absolute Gasteiger partial charge is 0.319 e. The topological polar surface area (TPSA) is 127 Å². The molecule has 3 heterocycles. The van der Waals surface area contributed by atoms with Crippen LogP contribution in [-0.4, -0.2) is 68.5 Å². The van der Waals surface area contributed by atoms with E-state index in [0.29, 0.717) is 49.8 Å². The first-order valence-corrected chi connectivity index (χ1v) is 11.2. The van der Waals surface area contributed by atoms with Gasteiger partial charge in [-0.2, -0.15) is 0 Å². The van der Waals surface area contributed by atoms with Crippen molar-refractivity contribution >= 4 is 17.6 Å². The molecule has 2 fully saturated rings. The van der Waals surface area contributed by atoms with E-state index < -0.39 is 6.10 Å². The molecule has 0 radical (unpaired) electrons. The molecular formula is C22H31N3O7. The van der Waals surface area contributed by atoms with Gasteiger partial charge in [0, 0.05) is 37.4 Å². The van der Waals surface area contributed by atoms with Crippen molar-refractivity contribution in [1.82, 2.24) is 10.6 Å². The van der Waals surface area contributed by atoms with Crippen molar-refractivity contribution in [3.63, 3.8) is 0 Å². The molecule has 10 heteroatoms. The molecule has 10 nitrogen and oxygen atoms in total. The number of hydrogen-bond acceptors (Lipinski definition) is 7. The van der Waals surface area contributed by atoms with Gasteiger partial charge in [-0.25, -0.2) is 4.79 Å². The Labute approximate surface area is 186 Å². The Kier molecular flexibility index (Phi) is 7.67. The minimum atomic E-state index is -0.498. The number of benzene rings is 1. The van der Waals surface area contributed by atoms with Crippen LogP contribution in [0, 0.1) is 5.92 Å². The zero-order valence-corrected chi connectivity index (χ0v) is 18.0. The number of fused-ring (bicyclic) bond motifs is 1.